The van der Waals surface area contributed by atoms with E-state index in [1.54, 1.807) is 24.3 Å². The van der Waals surface area contributed by atoms with E-state index >= 15 is 0 Å². The van der Waals surface area contributed by atoms with Crippen molar-refractivity contribution in [2.45, 2.75) is 45.1 Å². The number of anilines is 1. The third-order valence-corrected chi connectivity index (χ3v) is 5.55. The van der Waals surface area contributed by atoms with Gasteiger partial charge in [0.1, 0.15) is 5.75 Å². The second-order valence-electron chi connectivity index (χ2n) is 8.65. The number of rotatable bonds is 7. The topological polar surface area (TPSA) is 76.7 Å². The summed E-state index contributed by atoms with van der Waals surface area (Å²) in [6.07, 6.45) is 2.12. The molecule has 0 saturated carbocycles. The smallest absolute Gasteiger partial charge is 0.262 e. The van der Waals surface area contributed by atoms with Gasteiger partial charge in [0.15, 0.2) is 6.61 Å². The number of hydrogen-bond donors (Lipinski definition) is 2. The Hall–Kier alpha value is -2.38. The fraction of sp³-hybridized carbons (Fsp3) is 0.417. The highest BCUT2D eigenvalue weighted by molar-refractivity contribution is 9.10. The van der Waals surface area contributed by atoms with Crippen LogP contribution in [0.2, 0.25) is 0 Å². The first-order valence-electron chi connectivity index (χ1n) is 10.4. The minimum absolute atomic E-state index is 0.103. The molecule has 7 heteroatoms. The van der Waals surface area contributed by atoms with Gasteiger partial charge in [-0.2, -0.15) is 0 Å². The van der Waals surface area contributed by atoms with Gasteiger partial charge in [0, 0.05) is 34.4 Å². The van der Waals surface area contributed by atoms with E-state index in [1.165, 1.54) is 0 Å². The molecule has 0 bridgehead atoms. The molecular formula is C24H29BrN2O4. The zero-order chi connectivity index (χ0) is 22.4. The van der Waals surface area contributed by atoms with Crippen LogP contribution in [0.15, 0.2) is 46.9 Å². The fourth-order valence-corrected chi connectivity index (χ4v) is 3.73. The SMILES string of the molecule is CC(C)(C)c1cc(Br)ccc1OCC(=O)Nc1ccc(C(=O)NCC2CCCO2)cc1. The summed E-state index contributed by atoms with van der Waals surface area (Å²) < 4.78 is 12.3. The minimum Gasteiger partial charge on any atom is -0.483 e. The summed E-state index contributed by atoms with van der Waals surface area (Å²) in [6, 6.07) is 12.6. The van der Waals surface area contributed by atoms with Gasteiger partial charge in [-0.3, -0.25) is 9.59 Å². The van der Waals surface area contributed by atoms with E-state index < -0.39 is 0 Å². The minimum atomic E-state index is -0.265. The molecule has 0 spiro atoms. The molecule has 2 aromatic rings. The number of carbonyl (C=O) groups is 2. The van der Waals surface area contributed by atoms with Crippen LogP contribution in [0.1, 0.15) is 49.5 Å². The Bertz CT molecular complexity index is 916. The summed E-state index contributed by atoms with van der Waals surface area (Å²) in [5, 5.41) is 5.69. The summed E-state index contributed by atoms with van der Waals surface area (Å²) >= 11 is 3.49. The first kappa shape index (κ1) is 23.3. The second-order valence-corrected chi connectivity index (χ2v) is 9.57. The normalized spacial score (nSPS) is 16.1. The summed E-state index contributed by atoms with van der Waals surface area (Å²) in [5.41, 5.74) is 2.05. The highest BCUT2D eigenvalue weighted by Gasteiger charge is 2.20. The summed E-state index contributed by atoms with van der Waals surface area (Å²) in [6.45, 7) is 7.47. The molecule has 0 aliphatic carbocycles. The predicted molar refractivity (Wildman–Crippen MR) is 125 cm³/mol. The van der Waals surface area contributed by atoms with E-state index in [1.807, 2.05) is 18.2 Å². The van der Waals surface area contributed by atoms with Gasteiger partial charge in [-0.1, -0.05) is 36.7 Å². The highest BCUT2D eigenvalue weighted by Crippen LogP contribution is 2.33. The highest BCUT2D eigenvalue weighted by atomic mass is 79.9. The van der Waals surface area contributed by atoms with Crippen molar-refractivity contribution in [3.05, 3.63) is 58.1 Å². The van der Waals surface area contributed by atoms with Crippen LogP contribution >= 0.6 is 15.9 Å². The zero-order valence-corrected chi connectivity index (χ0v) is 19.8. The van der Waals surface area contributed by atoms with Crippen molar-refractivity contribution < 1.29 is 19.1 Å². The molecule has 1 heterocycles. The van der Waals surface area contributed by atoms with E-state index in [0.717, 1.165) is 29.5 Å². The molecule has 1 fully saturated rings. The van der Waals surface area contributed by atoms with Crippen molar-refractivity contribution in [1.29, 1.82) is 0 Å². The molecule has 2 N–H and O–H groups in total. The van der Waals surface area contributed by atoms with Gasteiger partial charge in [-0.05, 0) is 60.7 Å². The largest absolute Gasteiger partial charge is 0.483 e. The van der Waals surface area contributed by atoms with Crippen molar-refractivity contribution in [2.75, 3.05) is 25.1 Å². The fourth-order valence-electron chi connectivity index (χ4n) is 3.37. The number of amides is 2. The summed E-state index contributed by atoms with van der Waals surface area (Å²) in [7, 11) is 0. The van der Waals surface area contributed by atoms with Crippen LogP contribution in [0.4, 0.5) is 5.69 Å². The quantitative estimate of drug-likeness (QED) is 0.593. The van der Waals surface area contributed by atoms with Crippen molar-refractivity contribution in [3.63, 3.8) is 0 Å². The molecule has 1 aliphatic heterocycles. The molecule has 1 saturated heterocycles. The van der Waals surface area contributed by atoms with Crippen LogP contribution in [-0.2, 0) is 14.9 Å². The number of hydrogen-bond acceptors (Lipinski definition) is 4. The first-order chi connectivity index (χ1) is 14.7. The maximum atomic E-state index is 12.3. The number of halogens is 1. The van der Waals surface area contributed by atoms with Crippen molar-refractivity contribution in [1.82, 2.24) is 5.32 Å². The number of ether oxygens (including phenoxy) is 2. The Kier molecular flexibility index (Phi) is 7.73. The number of nitrogens with one attached hydrogen (secondary N) is 2. The van der Waals surface area contributed by atoms with E-state index in [2.05, 4.69) is 47.3 Å². The number of carbonyl (C=O) groups excluding carboxylic acids is 2. The summed E-state index contributed by atoms with van der Waals surface area (Å²) in [4.78, 5) is 24.6. The van der Waals surface area contributed by atoms with Gasteiger partial charge >= 0.3 is 0 Å². The zero-order valence-electron chi connectivity index (χ0n) is 18.2. The van der Waals surface area contributed by atoms with Crippen molar-refractivity contribution in [2.24, 2.45) is 0 Å². The predicted octanol–water partition coefficient (Wildman–Crippen LogP) is 4.67. The molecule has 1 atom stereocenters. The van der Waals surface area contributed by atoms with E-state index in [0.29, 0.717) is 23.5 Å². The third kappa shape index (κ3) is 6.80. The van der Waals surface area contributed by atoms with Crippen molar-refractivity contribution in [3.8, 4) is 5.75 Å². The first-order valence-corrected chi connectivity index (χ1v) is 11.2. The van der Waals surface area contributed by atoms with Crippen LogP contribution in [0, 0.1) is 0 Å². The Labute approximate surface area is 191 Å². The lowest BCUT2D eigenvalue weighted by molar-refractivity contribution is -0.118. The molecule has 31 heavy (non-hydrogen) atoms. The lowest BCUT2D eigenvalue weighted by atomic mass is 9.86. The molecule has 0 radical (unpaired) electrons. The molecule has 2 amide bonds. The molecule has 1 unspecified atom stereocenters. The molecular weight excluding hydrogens is 460 g/mol. The van der Waals surface area contributed by atoms with Crippen LogP contribution in [0.3, 0.4) is 0 Å². The lowest BCUT2D eigenvalue weighted by Gasteiger charge is -2.23. The van der Waals surface area contributed by atoms with Crippen molar-refractivity contribution >= 4 is 33.4 Å². The molecule has 3 rings (SSSR count). The standard InChI is InChI=1S/C24H29BrN2O4/c1-24(2,3)20-13-17(25)8-11-21(20)31-15-22(28)27-18-9-6-16(7-10-18)23(29)26-14-19-5-4-12-30-19/h6-11,13,19H,4-5,12,14-15H2,1-3H3,(H,26,29)(H,27,28). The third-order valence-electron chi connectivity index (χ3n) is 5.05. The second kappa shape index (κ2) is 10.3. The van der Waals surface area contributed by atoms with Crippen LogP contribution in [0.5, 0.6) is 5.75 Å². The van der Waals surface area contributed by atoms with Gasteiger partial charge in [0.05, 0.1) is 6.10 Å². The Morgan fingerprint density at radius 1 is 1.16 bits per heavy atom. The average molecular weight is 489 g/mol. The van der Waals surface area contributed by atoms with Gasteiger partial charge < -0.3 is 20.1 Å². The van der Waals surface area contributed by atoms with Crippen LogP contribution in [-0.4, -0.2) is 37.7 Å². The molecule has 1 aliphatic rings. The average Bonchev–Trinajstić information content (AvgIpc) is 3.24. The molecule has 6 nitrogen and oxygen atoms in total. The van der Waals surface area contributed by atoms with Crippen LogP contribution in [0.25, 0.3) is 0 Å². The van der Waals surface area contributed by atoms with E-state index in [9.17, 15) is 9.59 Å². The van der Waals surface area contributed by atoms with Gasteiger partial charge in [0.25, 0.3) is 11.8 Å². The molecule has 2 aromatic carbocycles. The van der Waals surface area contributed by atoms with Gasteiger partial charge in [0.2, 0.25) is 0 Å². The molecule has 166 valence electrons. The van der Waals surface area contributed by atoms with Gasteiger partial charge in [-0.25, -0.2) is 0 Å². The van der Waals surface area contributed by atoms with E-state index in [-0.39, 0.29) is 29.9 Å². The monoisotopic (exact) mass is 488 g/mol. The van der Waals surface area contributed by atoms with Crippen LogP contribution < -0.4 is 15.4 Å². The maximum absolute atomic E-state index is 12.3. The number of benzene rings is 2. The summed E-state index contributed by atoms with van der Waals surface area (Å²) in [5.74, 6) is 0.268. The van der Waals surface area contributed by atoms with Gasteiger partial charge in [-0.15, -0.1) is 0 Å². The Morgan fingerprint density at radius 2 is 1.90 bits per heavy atom. The maximum Gasteiger partial charge on any atom is 0.262 e. The lowest BCUT2D eigenvalue weighted by Crippen LogP contribution is -2.31. The Balaban J connectivity index is 1.51. The molecule has 0 aromatic heterocycles. The van der Waals surface area contributed by atoms with E-state index in [4.69, 9.17) is 9.47 Å². The Morgan fingerprint density at radius 3 is 2.55 bits per heavy atom.